The number of para-hydroxylation sites is 1. The third kappa shape index (κ3) is 4.10. The van der Waals surface area contributed by atoms with Crippen molar-refractivity contribution in [1.29, 1.82) is 0 Å². The summed E-state index contributed by atoms with van der Waals surface area (Å²) in [7, 11) is 0. The summed E-state index contributed by atoms with van der Waals surface area (Å²) < 4.78 is 41.7. The molecule has 2 aromatic heterocycles. The van der Waals surface area contributed by atoms with Crippen LogP contribution < -0.4 is 17.0 Å². The van der Waals surface area contributed by atoms with Gasteiger partial charge < -0.3 is 15.8 Å². The summed E-state index contributed by atoms with van der Waals surface area (Å²) in [5.74, 6) is -1.64. The lowest BCUT2D eigenvalue weighted by Gasteiger charge is -2.32. The van der Waals surface area contributed by atoms with E-state index in [0.29, 0.717) is 45.9 Å². The van der Waals surface area contributed by atoms with Crippen LogP contribution in [0.5, 0.6) is 0 Å². The van der Waals surface area contributed by atoms with Crippen LogP contribution in [0, 0.1) is 18.7 Å². The molecule has 0 saturated heterocycles. The molecule has 0 unspecified atom stereocenters. The lowest BCUT2D eigenvalue weighted by molar-refractivity contribution is 0.0107. The molecule has 42 heavy (non-hydrogen) atoms. The first-order valence-electron chi connectivity index (χ1n) is 15.0. The van der Waals surface area contributed by atoms with Crippen molar-refractivity contribution in [2.45, 2.75) is 45.6 Å². The summed E-state index contributed by atoms with van der Waals surface area (Å²) in [6.45, 7) is 2.11. The van der Waals surface area contributed by atoms with E-state index >= 15 is 4.39 Å². The fraction of sp³-hybridized carbons (Fsp3) is 0.281. The van der Waals surface area contributed by atoms with Gasteiger partial charge in [0.1, 0.15) is 5.82 Å². The first kappa shape index (κ1) is 24.4. The second kappa shape index (κ2) is 9.68. The molecule has 1 amide bonds. The third-order valence-electron chi connectivity index (χ3n) is 8.52. The maximum Gasteiger partial charge on any atom is 0.335 e. The predicted molar refractivity (Wildman–Crippen MR) is 162 cm³/mol. The maximum absolute atomic E-state index is 16.2. The number of nitrogens with zero attached hydrogens (tertiary/aromatic N) is 2. The van der Waals surface area contributed by atoms with Gasteiger partial charge in [-0.25, -0.2) is 13.8 Å². The van der Waals surface area contributed by atoms with Gasteiger partial charge in [0, 0.05) is 27.7 Å². The molecule has 0 fully saturated rings. The van der Waals surface area contributed by atoms with Crippen LogP contribution in [0.15, 0.2) is 52.1 Å². The lowest BCUT2D eigenvalue weighted by atomic mass is 9.77. The number of aromatic nitrogens is 3. The van der Waals surface area contributed by atoms with Crippen LogP contribution in [-0.4, -0.2) is 30.7 Å². The molecule has 0 spiro atoms. The van der Waals surface area contributed by atoms with Gasteiger partial charge in [-0.1, -0.05) is 29.8 Å². The Hall–Kier alpha value is -4.21. The minimum atomic E-state index is -2.98. The highest BCUT2D eigenvalue weighted by Gasteiger charge is 2.34. The molecular weight excluding hydrogens is 559 g/mol. The van der Waals surface area contributed by atoms with Crippen molar-refractivity contribution in [3.8, 4) is 16.8 Å². The number of benzene rings is 3. The number of hydrogen-bond acceptors (Lipinski definition) is 4. The number of rotatable bonds is 4. The number of carbonyl (C=O) groups is 1. The number of carbonyl (C=O) groups excluding carboxylic acids is 1. The number of halogens is 2. The second-order valence-electron chi connectivity index (χ2n) is 11.4. The number of hydrogen-bond donors (Lipinski definition) is 3. The molecule has 0 radical (unpaired) electrons. The number of nitrogens with one attached hydrogen (secondary N) is 1. The van der Waals surface area contributed by atoms with Gasteiger partial charge in [-0.3, -0.25) is 14.2 Å². The van der Waals surface area contributed by atoms with E-state index in [2.05, 4.69) is 4.98 Å². The topological polar surface area (TPSA) is 123 Å². The van der Waals surface area contributed by atoms with Crippen molar-refractivity contribution >= 4 is 39.3 Å². The second-order valence-corrected chi connectivity index (χ2v) is 11.8. The predicted octanol–water partition coefficient (Wildman–Crippen LogP) is 4.91. The summed E-state index contributed by atoms with van der Waals surface area (Å²) in [5.41, 5.74) is 5.29. The molecule has 0 saturated carbocycles. The van der Waals surface area contributed by atoms with E-state index < -0.39 is 35.6 Å². The zero-order valence-corrected chi connectivity index (χ0v) is 23.9. The van der Waals surface area contributed by atoms with Crippen LogP contribution in [0.2, 0.25) is 5.02 Å². The van der Waals surface area contributed by atoms with Gasteiger partial charge in [-0.2, -0.15) is 0 Å². The van der Waals surface area contributed by atoms with Crippen LogP contribution in [0.25, 0.3) is 38.6 Å². The Morgan fingerprint density at radius 3 is 2.67 bits per heavy atom. The standard InChI is InChI=1S/C32H30ClFN4O4/c1-15-17(7-6-10-24(15)38-30(40)19-8-5-9-21(33)28(19)37(4)31(38)41)25-22(34)14-20(29(35)39)27-26(25)18-12-11-16(32(2,3)42)13-23(18)36-27/h5-10,14,16,36,42H,11-13H2,1-4H3,(H2,35,39)/t16-/m0/s1/i4D3. The molecule has 0 aliphatic heterocycles. The minimum Gasteiger partial charge on any atom is -0.390 e. The summed E-state index contributed by atoms with van der Waals surface area (Å²) in [6.07, 6.45) is 1.58. The number of aromatic amines is 1. The average Bonchev–Trinajstić information content (AvgIpc) is 3.32. The monoisotopic (exact) mass is 591 g/mol. The molecule has 5 aromatic rings. The SMILES string of the molecule is [2H]C([2H])([2H])n1c(=O)n(-c2cccc(-c3c(F)cc(C(N)=O)c4[nH]c5c(c34)CC[C@H](C(C)(C)O)C5)c2C)c(=O)c2cccc(Cl)c21. The van der Waals surface area contributed by atoms with Gasteiger partial charge in [0.25, 0.3) is 11.5 Å². The van der Waals surface area contributed by atoms with Crippen molar-refractivity contribution in [3.63, 3.8) is 0 Å². The molecule has 4 N–H and O–H groups in total. The summed E-state index contributed by atoms with van der Waals surface area (Å²) >= 11 is 6.29. The number of primary amides is 1. The molecule has 10 heteroatoms. The van der Waals surface area contributed by atoms with Crippen LogP contribution in [0.3, 0.4) is 0 Å². The molecule has 1 aliphatic carbocycles. The van der Waals surface area contributed by atoms with Gasteiger partial charge in [-0.15, -0.1) is 0 Å². The number of amides is 1. The van der Waals surface area contributed by atoms with E-state index in [1.165, 1.54) is 24.3 Å². The van der Waals surface area contributed by atoms with E-state index in [4.69, 9.17) is 21.4 Å². The molecule has 1 aliphatic rings. The minimum absolute atomic E-state index is 0.0301. The number of nitrogens with two attached hydrogens (primary N) is 1. The van der Waals surface area contributed by atoms with E-state index in [-0.39, 0.29) is 38.7 Å². The fourth-order valence-corrected chi connectivity index (χ4v) is 6.56. The molecular formula is C32H30ClFN4O4. The van der Waals surface area contributed by atoms with Crippen molar-refractivity contribution in [2.75, 3.05) is 0 Å². The molecule has 8 nitrogen and oxygen atoms in total. The molecule has 3 aromatic carbocycles. The Labute approximate surface area is 249 Å². The van der Waals surface area contributed by atoms with E-state index in [1.807, 2.05) is 0 Å². The van der Waals surface area contributed by atoms with Crippen LogP contribution in [-0.2, 0) is 19.8 Å². The molecule has 216 valence electrons. The zero-order valence-electron chi connectivity index (χ0n) is 26.1. The first-order valence-corrected chi connectivity index (χ1v) is 13.8. The molecule has 6 rings (SSSR count). The van der Waals surface area contributed by atoms with Gasteiger partial charge in [-0.05, 0) is 86.9 Å². The molecule has 2 heterocycles. The fourth-order valence-electron chi connectivity index (χ4n) is 6.30. The van der Waals surface area contributed by atoms with E-state index in [9.17, 15) is 19.5 Å². The van der Waals surface area contributed by atoms with Gasteiger partial charge in [0.15, 0.2) is 0 Å². The number of fused-ring (bicyclic) bond motifs is 4. The van der Waals surface area contributed by atoms with Gasteiger partial charge >= 0.3 is 5.69 Å². The highest BCUT2D eigenvalue weighted by Crippen LogP contribution is 2.43. The largest absolute Gasteiger partial charge is 0.390 e. The average molecular weight is 592 g/mol. The quantitative estimate of drug-likeness (QED) is 0.275. The summed E-state index contributed by atoms with van der Waals surface area (Å²) in [6, 6.07) is 9.99. The van der Waals surface area contributed by atoms with Crippen LogP contribution in [0.1, 0.15) is 51.6 Å². The van der Waals surface area contributed by atoms with Crippen molar-refractivity contribution < 1.29 is 18.4 Å². The van der Waals surface area contributed by atoms with E-state index in [0.717, 1.165) is 21.9 Å². The highest BCUT2D eigenvalue weighted by atomic mass is 35.5. The van der Waals surface area contributed by atoms with Crippen LogP contribution >= 0.6 is 11.6 Å². The van der Waals surface area contributed by atoms with E-state index in [1.54, 1.807) is 32.9 Å². The Morgan fingerprint density at radius 2 is 1.98 bits per heavy atom. The van der Waals surface area contributed by atoms with Crippen LogP contribution in [0.4, 0.5) is 4.39 Å². The molecule has 1 atom stereocenters. The number of aryl methyl sites for hydroxylation is 2. The normalized spacial score (nSPS) is 16.7. The van der Waals surface area contributed by atoms with Crippen molar-refractivity contribution in [2.24, 2.45) is 18.6 Å². The smallest absolute Gasteiger partial charge is 0.335 e. The summed E-state index contributed by atoms with van der Waals surface area (Å²) in [4.78, 5) is 43.3. The van der Waals surface area contributed by atoms with Gasteiger partial charge in [0.2, 0.25) is 0 Å². The third-order valence-corrected chi connectivity index (χ3v) is 8.83. The lowest BCUT2D eigenvalue weighted by Crippen LogP contribution is -2.38. The summed E-state index contributed by atoms with van der Waals surface area (Å²) in [5, 5.41) is 11.0. The highest BCUT2D eigenvalue weighted by molar-refractivity contribution is 6.35. The number of aliphatic hydroxyl groups is 1. The first-order chi connectivity index (χ1) is 21.0. The maximum atomic E-state index is 16.2. The molecule has 0 bridgehead atoms. The van der Waals surface area contributed by atoms with Gasteiger partial charge in [0.05, 0.1) is 38.3 Å². The Morgan fingerprint density at radius 1 is 1.24 bits per heavy atom. The zero-order chi connectivity index (χ0) is 32.7. The van der Waals surface area contributed by atoms with Crippen molar-refractivity contribution in [3.05, 3.63) is 96.5 Å². The number of H-pyrrole nitrogens is 1. The Balaban J connectivity index is 1.67. The Bertz CT molecular complexity index is 2190. The Kier molecular flexibility index (Phi) is 5.62. The van der Waals surface area contributed by atoms with Crippen molar-refractivity contribution in [1.82, 2.24) is 14.1 Å².